The molecule has 31 heavy (non-hydrogen) atoms. The van der Waals surface area contributed by atoms with Crippen molar-refractivity contribution >= 4 is 41.3 Å². The second-order valence-corrected chi connectivity index (χ2v) is 6.93. The van der Waals surface area contributed by atoms with Crippen molar-refractivity contribution in [2.75, 3.05) is 34.4 Å². The van der Waals surface area contributed by atoms with E-state index in [4.69, 9.17) is 14.2 Å². The van der Waals surface area contributed by atoms with Crippen molar-refractivity contribution in [2.24, 2.45) is 4.99 Å². The fourth-order valence-corrected chi connectivity index (χ4v) is 3.38. The second-order valence-electron chi connectivity index (χ2n) is 5.99. The fraction of sp³-hybridized carbons (Fsp3) is 0.474. The SMILES string of the molecule is CCOc1c(OC)cc(CNC(=NC)NCCc2nc(C(F)(F)F)cs2)cc1OC.I. The summed E-state index contributed by atoms with van der Waals surface area (Å²) in [7, 11) is 4.72. The quantitative estimate of drug-likeness (QED) is 0.267. The van der Waals surface area contributed by atoms with Gasteiger partial charge in [0.05, 0.1) is 25.8 Å². The number of aliphatic imine (C=N–C) groups is 1. The number of halogens is 4. The molecule has 2 rings (SSSR count). The lowest BCUT2D eigenvalue weighted by Gasteiger charge is -2.16. The van der Waals surface area contributed by atoms with E-state index in [9.17, 15) is 13.2 Å². The number of aromatic nitrogens is 1. The minimum absolute atomic E-state index is 0. The van der Waals surface area contributed by atoms with Gasteiger partial charge in [-0.2, -0.15) is 13.2 Å². The number of hydrogen-bond acceptors (Lipinski definition) is 6. The molecule has 0 bridgehead atoms. The van der Waals surface area contributed by atoms with Crippen LogP contribution in [0.5, 0.6) is 17.2 Å². The third-order valence-corrected chi connectivity index (χ3v) is 4.87. The summed E-state index contributed by atoms with van der Waals surface area (Å²) in [6.45, 7) is 3.17. The first-order valence-electron chi connectivity index (χ1n) is 9.16. The molecular weight excluding hydrogens is 548 g/mol. The molecule has 1 heterocycles. The number of nitrogens with one attached hydrogen (secondary N) is 2. The van der Waals surface area contributed by atoms with Crippen LogP contribution in [0, 0.1) is 0 Å². The Labute approximate surface area is 200 Å². The van der Waals surface area contributed by atoms with Gasteiger partial charge in [-0.05, 0) is 24.6 Å². The largest absolute Gasteiger partial charge is 0.493 e. The van der Waals surface area contributed by atoms with E-state index in [1.807, 2.05) is 19.1 Å². The monoisotopic (exact) mass is 574 g/mol. The number of nitrogens with zero attached hydrogens (tertiary/aromatic N) is 2. The summed E-state index contributed by atoms with van der Waals surface area (Å²) in [5.41, 5.74) is 0.0215. The molecule has 12 heteroatoms. The van der Waals surface area contributed by atoms with Crippen molar-refractivity contribution in [3.63, 3.8) is 0 Å². The summed E-state index contributed by atoms with van der Waals surface area (Å²) >= 11 is 0.988. The van der Waals surface area contributed by atoms with Gasteiger partial charge in [-0.25, -0.2) is 4.98 Å². The highest BCUT2D eigenvalue weighted by atomic mass is 127. The van der Waals surface area contributed by atoms with Crippen LogP contribution in [-0.4, -0.2) is 45.4 Å². The first-order valence-corrected chi connectivity index (χ1v) is 10.0. The lowest BCUT2D eigenvalue weighted by Crippen LogP contribution is -2.37. The Hall–Kier alpha value is -1.96. The Balaban J connectivity index is 0.00000480. The summed E-state index contributed by atoms with van der Waals surface area (Å²) < 4.78 is 54.2. The molecule has 0 unspecified atom stereocenters. The predicted octanol–water partition coefficient (Wildman–Crippen LogP) is 4.10. The number of thiazole rings is 1. The summed E-state index contributed by atoms with van der Waals surface area (Å²) in [6.07, 6.45) is -4.06. The zero-order chi connectivity index (χ0) is 22.1. The topological polar surface area (TPSA) is 77.0 Å². The van der Waals surface area contributed by atoms with Gasteiger partial charge in [-0.15, -0.1) is 35.3 Å². The minimum atomic E-state index is -4.42. The number of rotatable bonds is 9. The van der Waals surface area contributed by atoms with Gasteiger partial charge in [0.1, 0.15) is 0 Å². The van der Waals surface area contributed by atoms with E-state index >= 15 is 0 Å². The Morgan fingerprint density at radius 2 is 1.81 bits per heavy atom. The number of hydrogen-bond donors (Lipinski definition) is 2. The highest BCUT2D eigenvalue weighted by Gasteiger charge is 2.33. The van der Waals surface area contributed by atoms with Crippen molar-refractivity contribution < 1.29 is 27.4 Å². The predicted molar refractivity (Wildman–Crippen MR) is 125 cm³/mol. The average Bonchev–Trinajstić information content (AvgIpc) is 3.20. The van der Waals surface area contributed by atoms with Gasteiger partial charge in [0.15, 0.2) is 23.2 Å². The Morgan fingerprint density at radius 1 is 1.16 bits per heavy atom. The molecule has 2 aromatic rings. The smallest absolute Gasteiger partial charge is 0.434 e. The first-order chi connectivity index (χ1) is 14.3. The van der Waals surface area contributed by atoms with E-state index in [0.29, 0.717) is 54.3 Å². The minimum Gasteiger partial charge on any atom is -0.493 e. The zero-order valence-electron chi connectivity index (χ0n) is 17.6. The lowest BCUT2D eigenvalue weighted by molar-refractivity contribution is -0.140. The number of methoxy groups -OCH3 is 2. The highest BCUT2D eigenvalue weighted by Crippen LogP contribution is 2.38. The van der Waals surface area contributed by atoms with Crippen molar-refractivity contribution in [2.45, 2.75) is 26.1 Å². The molecule has 0 saturated heterocycles. The van der Waals surface area contributed by atoms with Gasteiger partial charge in [0, 0.05) is 31.9 Å². The van der Waals surface area contributed by atoms with E-state index in [-0.39, 0.29) is 24.0 Å². The normalized spacial score (nSPS) is 11.5. The van der Waals surface area contributed by atoms with Crippen LogP contribution in [0.15, 0.2) is 22.5 Å². The van der Waals surface area contributed by atoms with Crippen molar-refractivity contribution in [1.29, 1.82) is 0 Å². The summed E-state index contributed by atoms with van der Waals surface area (Å²) in [5.74, 6) is 2.16. The summed E-state index contributed by atoms with van der Waals surface area (Å²) in [6, 6.07) is 3.67. The molecule has 0 saturated carbocycles. The van der Waals surface area contributed by atoms with E-state index < -0.39 is 11.9 Å². The molecule has 0 radical (unpaired) electrons. The third-order valence-electron chi connectivity index (χ3n) is 3.97. The lowest BCUT2D eigenvalue weighted by atomic mass is 10.2. The molecule has 0 atom stereocenters. The zero-order valence-corrected chi connectivity index (χ0v) is 20.8. The molecule has 1 aromatic heterocycles. The molecular formula is C19H26F3IN4O3S. The average molecular weight is 574 g/mol. The Kier molecular flexibility index (Phi) is 11.2. The molecule has 7 nitrogen and oxygen atoms in total. The van der Waals surface area contributed by atoms with Gasteiger partial charge in [-0.3, -0.25) is 4.99 Å². The fourth-order valence-electron chi connectivity index (χ4n) is 2.57. The summed E-state index contributed by atoms with van der Waals surface area (Å²) in [5, 5.41) is 7.64. The van der Waals surface area contributed by atoms with E-state index in [2.05, 4.69) is 20.6 Å². The maximum Gasteiger partial charge on any atom is 0.434 e. The van der Waals surface area contributed by atoms with Crippen LogP contribution in [0.3, 0.4) is 0 Å². The first kappa shape index (κ1) is 27.1. The maximum absolute atomic E-state index is 12.6. The van der Waals surface area contributed by atoms with E-state index in [0.717, 1.165) is 22.3 Å². The van der Waals surface area contributed by atoms with Gasteiger partial charge < -0.3 is 24.8 Å². The van der Waals surface area contributed by atoms with Crippen LogP contribution in [0.1, 0.15) is 23.2 Å². The van der Waals surface area contributed by atoms with Gasteiger partial charge in [0.2, 0.25) is 5.75 Å². The molecule has 0 amide bonds. The maximum atomic E-state index is 12.6. The van der Waals surface area contributed by atoms with Gasteiger partial charge in [0.25, 0.3) is 0 Å². The number of ether oxygens (including phenoxy) is 3. The van der Waals surface area contributed by atoms with Gasteiger partial charge in [-0.1, -0.05) is 0 Å². The molecule has 0 aliphatic carbocycles. The van der Waals surface area contributed by atoms with Crippen LogP contribution >= 0.6 is 35.3 Å². The number of benzene rings is 1. The Bertz CT molecular complexity index is 837. The molecule has 0 aliphatic rings. The molecule has 2 N–H and O–H groups in total. The van der Waals surface area contributed by atoms with Crippen molar-refractivity contribution in [3.8, 4) is 17.2 Å². The van der Waals surface area contributed by atoms with Crippen LogP contribution < -0.4 is 24.8 Å². The van der Waals surface area contributed by atoms with Crippen LogP contribution in [0.25, 0.3) is 0 Å². The molecule has 0 spiro atoms. The summed E-state index contributed by atoms with van der Waals surface area (Å²) in [4.78, 5) is 7.73. The van der Waals surface area contributed by atoms with Crippen LogP contribution in [0.2, 0.25) is 0 Å². The van der Waals surface area contributed by atoms with E-state index in [1.54, 1.807) is 21.3 Å². The number of alkyl halides is 3. The molecule has 0 fully saturated rings. The molecule has 0 aliphatic heterocycles. The third kappa shape index (κ3) is 7.91. The standard InChI is InChI=1S/C19H25F3N4O3S.HI/c1-5-29-17-13(27-3)8-12(9-14(17)28-4)10-25-18(23-2)24-7-6-16-26-15(11-30-16)19(20,21)22;/h8-9,11H,5-7,10H2,1-4H3,(H2,23,24,25);1H. The molecule has 174 valence electrons. The van der Waals surface area contributed by atoms with E-state index in [1.165, 1.54) is 0 Å². The van der Waals surface area contributed by atoms with Crippen molar-refractivity contribution in [1.82, 2.24) is 15.6 Å². The number of guanidine groups is 1. The van der Waals surface area contributed by atoms with Gasteiger partial charge >= 0.3 is 6.18 Å². The highest BCUT2D eigenvalue weighted by molar-refractivity contribution is 14.0. The second kappa shape index (κ2) is 12.8. The van der Waals surface area contributed by atoms with Crippen molar-refractivity contribution in [3.05, 3.63) is 33.8 Å². The Morgan fingerprint density at radius 3 is 2.29 bits per heavy atom. The molecule has 1 aromatic carbocycles. The van der Waals surface area contributed by atoms with Crippen LogP contribution in [0.4, 0.5) is 13.2 Å². The van der Waals surface area contributed by atoms with Crippen LogP contribution in [-0.2, 0) is 19.1 Å².